The maximum absolute atomic E-state index is 3.25. The van der Waals surface area contributed by atoms with Crippen LogP contribution in [0.5, 0.6) is 0 Å². The smallest absolute Gasteiger partial charge is 0.0269 e. The van der Waals surface area contributed by atoms with Crippen molar-refractivity contribution >= 4 is 0 Å². The number of nitrogens with one attached hydrogen (secondary N) is 1. The Bertz CT molecular complexity index is 148. The van der Waals surface area contributed by atoms with Crippen LogP contribution in [0.4, 0.5) is 0 Å². The van der Waals surface area contributed by atoms with E-state index in [1.165, 1.54) is 0 Å². The summed E-state index contributed by atoms with van der Waals surface area (Å²) in [4.78, 5) is 0. The largest absolute Gasteiger partial charge is 0.317 e. The first-order valence-corrected chi connectivity index (χ1v) is 4.17. The second-order valence-electron chi connectivity index (χ2n) is 2.24. The molecule has 1 heteroatoms. The molecule has 1 N–H and O–H groups in total. The molecule has 0 aromatic heterocycles. The number of allylic oxidation sites excluding steroid dienone is 1. The standard InChI is InChI=1S/C10H17N/c1-3-5-6-7-8-9-10-11-4-2/h7-8,11H,4,6,9-10H2,1-2H3. The lowest BCUT2D eigenvalue weighted by Gasteiger charge is -1.94. The van der Waals surface area contributed by atoms with Crippen molar-refractivity contribution in [2.75, 3.05) is 13.1 Å². The van der Waals surface area contributed by atoms with E-state index >= 15 is 0 Å². The molecular formula is C10H17N. The minimum atomic E-state index is 0.891. The first-order valence-electron chi connectivity index (χ1n) is 4.17. The Morgan fingerprint density at radius 2 is 2.18 bits per heavy atom. The van der Waals surface area contributed by atoms with Gasteiger partial charge in [-0.15, -0.1) is 5.92 Å². The van der Waals surface area contributed by atoms with E-state index in [2.05, 4.69) is 36.2 Å². The molecule has 0 rings (SSSR count). The zero-order valence-corrected chi connectivity index (χ0v) is 7.48. The van der Waals surface area contributed by atoms with Crippen LogP contribution in [0.2, 0.25) is 0 Å². The van der Waals surface area contributed by atoms with Crippen LogP contribution in [0.25, 0.3) is 0 Å². The zero-order chi connectivity index (χ0) is 8.36. The average Bonchev–Trinajstić information content (AvgIpc) is 2.03. The van der Waals surface area contributed by atoms with Crippen LogP contribution < -0.4 is 5.32 Å². The summed E-state index contributed by atoms with van der Waals surface area (Å²) in [7, 11) is 0. The third-order valence-electron chi connectivity index (χ3n) is 1.30. The highest BCUT2D eigenvalue weighted by molar-refractivity contribution is 5.02. The van der Waals surface area contributed by atoms with Gasteiger partial charge < -0.3 is 5.32 Å². The van der Waals surface area contributed by atoms with E-state index in [0.717, 1.165) is 25.9 Å². The van der Waals surface area contributed by atoms with Gasteiger partial charge in [0.05, 0.1) is 0 Å². The zero-order valence-electron chi connectivity index (χ0n) is 7.48. The van der Waals surface area contributed by atoms with E-state index in [1.807, 2.05) is 6.92 Å². The molecule has 11 heavy (non-hydrogen) atoms. The molecule has 0 saturated heterocycles. The van der Waals surface area contributed by atoms with Gasteiger partial charge in [-0.05, 0) is 26.4 Å². The van der Waals surface area contributed by atoms with Gasteiger partial charge in [-0.25, -0.2) is 0 Å². The van der Waals surface area contributed by atoms with Gasteiger partial charge in [0.2, 0.25) is 0 Å². The third-order valence-corrected chi connectivity index (χ3v) is 1.30. The maximum Gasteiger partial charge on any atom is 0.0269 e. The molecule has 0 spiro atoms. The molecule has 0 radical (unpaired) electrons. The second-order valence-corrected chi connectivity index (χ2v) is 2.24. The molecule has 62 valence electrons. The second kappa shape index (κ2) is 9.26. The summed E-state index contributed by atoms with van der Waals surface area (Å²) < 4.78 is 0. The Hall–Kier alpha value is -0.740. The fourth-order valence-electron chi connectivity index (χ4n) is 0.724. The molecule has 0 bridgehead atoms. The van der Waals surface area contributed by atoms with Crippen molar-refractivity contribution in [2.45, 2.75) is 26.7 Å². The van der Waals surface area contributed by atoms with Crippen LogP contribution >= 0.6 is 0 Å². The highest BCUT2D eigenvalue weighted by atomic mass is 14.8. The van der Waals surface area contributed by atoms with Gasteiger partial charge in [0.15, 0.2) is 0 Å². The monoisotopic (exact) mass is 151 g/mol. The van der Waals surface area contributed by atoms with Gasteiger partial charge in [-0.2, -0.15) is 0 Å². The molecule has 0 heterocycles. The molecule has 0 aromatic carbocycles. The van der Waals surface area contributed by atoms with E-state index in [0.29, 0.717) is 0 Å². The summed E-state index contributed by atoms with van der Waals surface area (Å²) in [6.07, 6.45) is 6.29. The normalized spacial score (nSPS) is 9.64. The molecule has 0 aliphatic rings. The Labute approximate surface area is 69.9 Å². The van der Waals surface area contributed by atoms with Crippen molar-refractivity contribution in [2.24, 2.45) is 0 Å². The highest BCUT2D eigenvalue weighted by Gasteiger charge is 1.77. The number of hydrogen-bond acceptors (Lipinski definition) is 1. The van der Waals surface area contributed by atoms with Gasteiger partial charge >= 0.3 is 0 Å². The van der Waals surface area contributed by atoms with Crippen molar-refractivity contribution in [1.29, 1.82) is 0 Å². The van der Waals surface area contributed by atoms with Gasteiger partial charge in [0.25, 0.3) is 0 Å². The van der Waals surface area contributed by atoms with Crippen LogP contribution in [0, 0.1) is 11.8 Å². The Balaban J connectivity index is 3.07. The lowest BCUT2D eigenvalue weighted by atomic mass is 10.3. The summed E-state index contributed by atoms with van der Waals surface area (Å²) >= 11 is 0. The molecular weight excluding hydrogens is 134 g/mol. The first-order chi connectivity index (χ1) is 5.41. The highest BCUT2D eigenvalue weighted by Crippen LogP contribution is 1.84. The number of rotatable bonds is 5. The Kier molecular flexibility index (Phi) is 8.64. The van der Waals surface area contributed by atoms with Crippen LogP contribution in [0.15, 0.2) is 12.2 Å². The van der Waals surface area contributed by atoms with Gasteiger partial charge in [-0.1, -0.05) is 25.0 Å². The minimum absolute atomic E-state index is 0.891. The van der Waals surface area contributed by atoms with E-state index in [4.69, 9.17) is 0 Å². The molecule has 0 aliphatic carbocycles. The van der Waals surface area contributed by atoms with Crippen molar-refractivity contribution in [3.8, 4) is 11.8 Å². The Morgan fingerprint density at radius 3 is 2.82 bits per heavy atom. The van der Waals surface area contributed by atoms with Gasteiger partial charge in [0.1, 0.15) is 0 Å². The summed E-state index contributed by atoms with van der Waals surface area (Å²) in [5.74, 6) is 5.83. The van der Waals surface area contributed by atoms with Crippen LogP contribution in [-0.2, 0) is 0 Å². The topological polar surface area (TPSA) is 12.0 Å². The maximum atomic E-state index is 3.25. The quantitative estimate of drug-likeness (QED) is 0.360. The predicted molar refractivity (Wildman–Crippen MR) is 50.4 cm³/mol. The van der Waals surface area contributed by atoms with E-state index < -0.39 is 0 Å². The van der Waals surface area contributed by atoms with Crippen LogP contribution in [-0.4, -0.2) is 13.1 Å². The Morgan fingerprint density at radius 1 is 1.36 bits per heavy atom. The van der Waals surface area contributed by atoms with Gasteiger partial charge in [-0.3, -0.25) is 0 Å². The van der Waals surface area contributed by atoms with Crippen molar-refractivity contribution in [3.63, 3.8) is 0 Å². The lowest BCUT2D eigenvalue weighted by molar-refractivity contribution is 0.726. The molecule has 0 amide bonds. The summed E-state index contributed by atoms with van der Waals surface area (Å²) in [6, 6.07) is 0. The van der Waals surface area contributed by atoms with Crippen molar-refractivity contribution in [1.82, 2.24) is 5.32 Å². The molecule has 0 aromatic rings. The lowest BCUT2D eigenvalue weighted by Crippen LogP contribution is -2.12. The van der Waals surface area contributed by atoms with E-state index in [-0.39, 0.29) is 0 Å². The van der Waals surface area contributed by atoms with Crippen molar-refractivity contribution in [3.05, 3.63) is 12.2 Å². The number of hydrogen-bond donors (Lipinski definition) is 1. The van der Waals surface area contributed by atoms with Crippen LogP contribution in [0.3, 0.4) is 0 Å². The third kappa shape index (κ3) is 9.26. The molecule has 1 nitrogen and oxygen atoms in total. The predicted octanol–water partition coefficient (Wildman–Crippen LogP) is 1.96. The van der Waals surface area contributed by atoms with Gasteiger partial charge in [0, 0.05) is 6.42 Å². The molecule has 0 saturated carbocycles. The molecule has 0 aliphatic heterocycles. The first kappa shape index (κ1) is 10.3. The summed E-state index contributed by atoms with van der Waals surface area (Å²) in [6.45, 7) is 6.12. The van der Waals surface area contributed by atoms with Crippen LogP contribution in [0.1, 0.15) is 26.7 Å². The van der Waals surface area contributed by atoms with E-state index in [9.17, 15) is 0 Å². The molecule has 0 fully saturated rings. The minimum Gasteiger partial charge on any atom is -0.317 e. The SMILES string of the molecule is CC#CCC=CCCNCC. The van der Waals surface area contributed by atoms with E-state index in [1.54, 1.807) is 0 Å². The molecule has 0 atom stereocenters. The average molecular weight is 151 g/mol. The fourth-order valence-corrected chi connectivity index (χ4v) is 0.724. The summed E-state index contributed by atoms with van der Waals surface area (Å²) in [5, 5.41) is 3.25. The van der Waals surface area contributed by atoms with Crippen molar-refractivity contribution < 1.29 is 0 Å². The molecule has 0 unspecified atom stereocenters. The fraction of sp³-hybridized carbons (Fsp3) is 0.600. The summed E-state index contributed by atoms with van der Waals surface area (Å²) in [5.41, 5.74) is 0.